The van der Waals surface area contributed by atoms with E-state index in [9.17, 15) is 4.79 Å². The number of methoxy groups -OCH3 is 1. The molecule has 0 aromatic heterocycles. The molecule has 2 fully saturated rings. The predicted molar refractivity (Wildman–Crippen MR) is 110 cm³/mol. The maximum absolute atomic E-state index is 13.3. The van der Waals surface area contributed by atoms with Crippen LogP contribution in [-0.4, -0.2) is 68.8 Å². The number of nitrogens with zero attached hydrogens (tertiary/aromatic N) is 2. The van der Waals surface area contributed by atoms with E-state index in [1.807, 2.05) is 24.3 Å². The van der Waals surface area contributed by atoms with Crippen LogP contribution >= 0.6 is 0 Å². The quantitative estimate of drug-likeness (QED) is 0.646. The number of hydrogen-bond donors (Lipinski definition) is 0. The van der Waals surface area contributed by atoms with Gasteiger partial charge in [-0.15, -0.1) is 0 Å². The molecule has 0 radical (unpaired) electrons. The van der Waals surface area contributed by atoms with E-state index >= 15 is 0 Å². The van der Waals surface area contributed by atoms with E-state index in [0.29, 0.717) is 11.8 Å². The van der Waals surface area contributed by atoms with Crippen molar-refractivity contribution in [2.75, 3.05) is 53.0 Å². The molecule has 3 atom stereocenters. The average molecular weight is 385 g/mol. The monoisotopic (exact) mass is 384 g/mol. The highest BCUT2D eigenvalue weighted by Gasteiger charge is 2.37. The van der Waals surface area contributed by atoms with Gasteiger partial charge in [-0.3, -0.25) is 9.69 Å². The van der Waals surface area contributed by atoms with Crippen LogP contribution in [0.15, 0.2) is 36.4 Å². The summed E-state index contributed by atoms with van der Waals surface area (Å²) in [6, 6.07) is 7.52. The lowest BCUT2D eigenvalue weighted by atomic mass is 9.93. The molecule has 1 saturated carbocycles. The number of allylic oxidation sites excluding steroid dienone is 2. The number of fused-ring (bicyclic) bond motifs is 2. The second-order valence-corrected chi connectivity index (χ2v) is 8.33. The standard InChI is InChI=1S/C23H32N2O3/c1-27-22-7-5-19(6-8-22)23(26)25(10-2-9-24-11-13-28-14-12-24)17-21-16-18-3-4-20(21)15-18/h3-8,18,20-21H,2,9-17H2,1H3. The minimum atomic E-state index is 0.149. The van der Waals surface area contributed by atoms with Crippen molar-refractivity contribution >= 4 is 5.91 Å². The molecular formula is C23H32N2O3. The van der Waals surface area contributed by atoms with Gasteiger partial charge in [0.1, 0.15) is 5.75 Å². The molecule has 4 rings (SSSR count). The molecular weight excluding hydrogens is 352 g/mol. The molecule has 1 saturated heterocycles. The van der Waals surface area contributed by atoms with Crippen molar-refractivity contribution in [2.24, 2.45) is 17.8 Å². The highest BCUT2D eigenvalue weighted by Crippen LogP contribution is 2.43. The van der Waals surface area contributed by atoms with Gasteiger partial charge in [-0.2, -0.15) is 0 Å². The summed E-state index contributed by atoms with van der Waals surface area (Å²) in [7, 11) is 1.65. The van der Waals surface area contributed by atoms with E-state index in [2.05, 4.69) is 22.0 Å². The SMILES string of the molecule is COc1ccc(C(=O)N(CCCN2CCOCC2)CC2CC3C=CC2C3)cc1. The Morgan fingerprint density at radius 3 is 2.61 bits per heavy atom. The van der Waals surface area contributed by atoms with Gasteiger partial charge in [0.05, 0.1) is 20.3 Å². The first-order chi connectivity index (χ1) is 13.7. The number of morpholine rings is 1. The zero-order valence-electron chi connectivity index (χ0n) is 16.9. The maximum Gasteiger partial charge on any atom is 0.253 e. The molecule has 0 spiro atoms. The van der Waals surface area contributed by atoms with Gasteiger partial charge in [0.15, 0.2) is 0 Å². The highest BCUT2D eigenvalue weighted by atomic mass is 16.5. The molecule has 0 N–H and O–H groups in total. The molecule has 152 valence electrons. The molecule has 5 heteroatoms. The van der Waals surface area contributed by atoms with E-state index < -0.39 is 0 Å². The van der Waals surface area contributed by atoms with Crippen LogP contribution in [0, 0.1) is 17.8 Å². The van der Waals surface area contributed by atoms with Gasteiger partial charge in [0.25, 0.3) is 5.91 Å². The van der Waals surface area contributed by atoms with Crippen molar-refractivity contribution in [3.8, 4) is 5.75 Å². The Hall–Kier alpha value is -1.85. The van der Waals surface area contributed by atoms with Crippen LogP contribution < -0.4 is 4.74 Å². The smallest absolute Gasteiger partial charge is 0.253 e. The summed E-state index contributed by atoms with van der Waals surface area (Å²) in [6.45, 7) is 6.39. The molecule has 3 aliphatic rings. The molecule has 1 amide bonds. The summed E-state index contributed by atoms with van der Waals surface area (Å²) in [4.78, 5) is 17.8. The highest BCUT2D eigenvalue weighted by molar-refractivity contribution is 5.94. The van der Waals surface area contributed by atoms with Gasteiger partial charge in [-0.1, -0.05) is 12.2 Å². The van der Waals surface area contributed by atoms with Crippen LogP contribution in [0.4, 0.5) is 0 Å². The first-order valence-electron chi connectivity index (χ1n) is 10.6. The van der Waals surface area contributed by atoms with Crippen LogP contribution in [-0.2, 0) is 4.74 Å². The fourth-order valence-electron chi connectivity index (χ4n) is 4.89. The Bertz CT molecular complexity index is 682. The minimum Gasteiger partial charge on any atom is -0.497 e. The Balaban J connectivity index is 1.39. The topological polar surface area (TPSA) is 42.0 Å². The maximum atomic E-state index is 13.3. The van der Waals surface area contributed by atoms with Gasteiger partial charge < -0.3 is 14.4 Å². The van der Waals surface area contributed by atoms with Crippen LogP contribution in [0.2, 0.25) is 0 Å². The van der Waals surface area contributed by atoms with Crippen molar-refractivity contribution in [2.45, 2.75) is 19.3 Å². The molecule has 1 aromatic carbocycles. The number of amides is 1. The van der Waals surface area contributed by atoms with Crippen LogP contribution in [0.5, 0.6) is 5.75 Å². The largest absolute Gasteiger partial charge is 0.497 e. The summed E-state index contributed by atoms with van der Waals surface area (Å²) >= 11 is 0. The summed E-state index contributed by atoms with van der Waals surface area (Å²) in [6.07, 6.45) is 8.27. The predicted octanol–water partition coefficient (Wildman–Crippen LogP) is 3.07. The van der Waals surface area contributed by atoms with E-state index in [0.717, 1.165) is 69.6 Å². The van der Waals surface area contributed by atoms with Gasteiger partial charge in [-0.05, 0) is 61.3 Å². The number of carbonyl (C=O) groups is 1. The first kappa shape index (κ1) is 19.5. The fraction of sp³-hybridized carbons (Fsp3) is 0.609. The molecule has 2 bridgehead atoms. The van der Waals surface area contributed by atoms with Crippen molar-refractivity contribution in [3.63, 3.8) is 0 Å². The summed E-state index contributed by atoms with van der Waals surface area (Å²) in [5.41, 5.74) is 0.755. The van der Waals surface area contributed by atoms with Crippen molar-refractivity contribution in [3.05, 3.63) is 42.0 Å². The molecule has 3 unspecified atom stereocenters. The number of benzene rings is 1. The van der Waals surface area contributed by atoms with Crippen LogP contribution in [0.3, 0.4) is 0 Å². The Morgan fingerprint density at radius 2 is 1.96 bits per heavy atom. The van der Waals surface area contributed by atoms with Crippen molar-refractivity contribution in [1.82, 2.24) is 9.80 Å². The van der Waals surface area contributed by atoms with Crippen molar-refractivity contribution < 1.29 is 14.3 Å². The molecule has 28 heavy (non-hydrogen) atoms. The number of rotatable bonds is 8. The van der Waals surface area contributed by atoms with Crippen molar-refractivity contribution in [1.29, 1.82) is 0 Å². The molecule has 2 aliphatic carbocycles. The fourth-order valence-corrected chi connectivity index (χ4v) is 4.89. The summed E-state index contributed by atoms with van der Waals surface area (Å²) < 4.78 is 10.7. The number of ether oxygens (including phenoxy) is 2. The van der Waals surface area contributed by atoms with E-state index in [1.165, 1.54) is 12.8 Å². The van der Waals surface area contributed by atoms with Crippen LogP contribution in [0.25, 0.3) is 0 Å². The zero-order chi connectivity index (χ0) is 19.3. The van der Waals surface area contributed by atoms with Gasteiger partial charge in [0.2, 0.25) is 0 Å². The van der Waals surface area contributed by atoms with Gasteiger partial charge in [0, 0.05) is 38.3 Å². The average Bonchev–Trinajstić information content (AvgIpc) is 3.37. The molecule has 1 aliphatic heterocycles. The Labute approximate surface area is 168 Å². The van der Waals surface area contributed by atoms with E-state index in [1.54, 1.807) is 7.11 Å². The second kappa shape index (κ2) is 9.10. The lowest BCUT2D eigenvalue weighted by molar-refractivity contribution is 0.0353. The van der Waals surface area contributed by atoms with Gasteiger partial charge >= 0.3 is 0 Å². The summed E-state index contributed by atoms with van der Waals surface area (Å²) in [5, 5.41) is 0. The Morgan fingerprint density at radius 1 is 1.18 bits per heavy atom. The second-order valence-electron chi connectivity index (χ2n) is 8.33. The first-order valence-corrected chi connectivity index (χ1v) is 10.6. The zero-order valence-corrected chi connectivity index (χ0v) is 16.9. The molecule has 1 aromatic rings. The Kier molecular flexibility index (Phi) is 6.33. The molecule has 5 nitrogen and oxygen atoms in total. The minimum absolute atomic E-state index is 0.149. The lowest BCUT2D eigenvalue weighted by Crippen LogP contribution is -2.40. The third kappa shape index (κ3) is 4.58. The van der Waals surface area contributed by atoms with Gasteiger partial charge in [-0.25, -0.2) is 0 Å². The third-order valence-electron chi connectivity index (χ3n) is 6.50. The number of carbonyl (C=O) groups excluding carboxylic acids is 1. The number of hydrogen-bond acceptors (Lipinski definition) is 4. The third-order valence-corrected chi connectivity index (χ3v) is 6.50. The summed E-state index contributed by atoms with van der Waals surface area (Å²) in [5.74, 6) is 2.95. The normalized spacial score (nSPS) is 26.5. The molecule has 1 heterocycles. The van der Waals surface area contributed by atoms with E-state index in [-0.39, 0.29) is 5.91 Å². The van der Waals surface area contributed by atoms with E-state index in [4.69, 9.17) is 9.47 Å². The lowest BCUT2D eigenvalue weighted by Gasteiger charge is -2.31. The van der Waals surface area contributed by atoms with Crippen LogP contribution in [0.1, 0.15) is 29.6 Å².